The standard InChI is InChI=1S/C15H21N3O2/c1-4-9-18-10-8-17-15(18)14(16)13-11(19-2)6-5-7-12(13)20-3/h5-8,10,14H,4,9,16H2,1-3H3. The highest BCUT2D eigenvalue weighted by Crippen LogP contribution is 2.35. The second-order valence-corrected chi connectivity index (χ2v) is 4.53. The molecule has 1 heterocycles. The van der Waals surface area contributed by atoms with Crippen molar-refractivity contribution in [3.8, 4) is 11.5 Å². The lowest BCUT2D eigenvalue weighted by Gasteiger charge is -2.19. The number of benzene rings is 1. The zero-order valence-corrected chi connectivity index (χ0v) is 12.2. The zero-order valence-electron chi connectivity index (χ0n) is 12.2. The fraction of sp³-hybridized carbons (Fsp3) is 0.400. The molecule has 2 rings (SSSR count). The molecule has 0 spiro atoms. The Hall–Kier alpha value is -2.01. The molecule has 0 saturated carbocycles. The molecule has 0 aliphatic carbocycles. The zero-order chi connectivity index (χ0) is 14.5. The lowest BCUT2D eigenvalue weighted by molar-refractivity contribution is 0.380. The third-order valence-electron chi connectivity index (χ3n) is 3.27. The first kappa shape index (κ1) is 14.4. The van der Waals surface area contributed by atoms with Gasteiger partial charge in [0, 0.05) is 18.9 Å². The highest BCUT2D eigenvalue weighted by molar-refractivity contribution is 5.48. The van der Waals surface area contributed by atoms with Gasteiger partial charge < -0.3 is 19.8 Å². The Morgan fingerprint density at radius 2 is 1.90 bits per heavy atom. The summed E-state index contributed by atoms with van der Waals surface area (Å²) in [6.45, 7) is 3.01. The van der Waals surface area contributed by atoms with E-state index in [4.69, 9.17) is 15.2 Å². The molecule has 1 unspecified atom stereocenters. The van der Waals surface area contributed by atoms with Crippen LogP contribution in [0.25, 0.3) is 0 Å². The quantitative estimate of drug-likeness (QED) is 0.879. The average molecular weight is 275 g/mol. The van der Waals surface area contributed by atoms with Crippen LogP contribution < -0.4 is 15.2 Å². The van der Waals surface area contributed by atoms with Crippen LogP contribution in [-0.4, -0.2) is 23.8 Å². The molecule has 5 heteroatoms. The van der Waals surface area contributed by atoms with Crippen molar-refractivity contribution in [2.45, 2.75) is 25.9 Å². The largest absolute Gasteiger partial charge is 0.496 e. The molecule has 1 aromatic carbocycles. The SMILES string of the molecule is CCCn1ccnc1C(N)c1c(OC)cccc1OC. The molecule has 0 saturated heterocycles. The van der Waals surface area contributed by atoms with Crippen LogP contribution in [0.1, 0.15) is 30.8 Å². The Kier molecular flexibility index (Phi) is 4.63. The number of nitrogens with zero attached hydrogens (tertiary/aromatic N) is 2. The van der Waals surface area contributed by atoms with E-state index in [1.807, 2.05) is 24.4 Å². The molecule has 108 valence electrons. The Morgan fingerprint density at radius 3 is 2.45 bits per heavy atom. The molecule has 2 aromatic rings. The fourth-order valence-electron chi connectivity index (χ4n) is 2.35. The number of hydrogen-bond donors (Lipinski definition) is 1. The van der Waals surface area contributed by atoms with Gasteiger partial charge in [-0.25, -0.2) is 4.98 Å². The maximum atomic E-state index is 6.40. The van der Waals surface area contributed by atoms with Gasteiger partial charge in [0.05, 0.1) is 25.8 Å². The average Bonchev–Trinajstić information content (AvgIpc) is 2.94. The van der Waals surface area contributed by atoms with Gasteiger partial charge in [0.25, 0.3) is 0 Å². The summed E-state index contributed by atoms with van der Waals surface area (Å²) in [6, 6.07) is 5.25. The lowest BCUT2D eigenvalue weighted by Crippen LogP contribution is -2.19. The number of aryl methyl sites for hydroxylation is 1. The monoisotopic (exact) mass is 275 g/mol. The maximum Gasteiger partial charge on any atom is 0.130 e. The molecular formula is C15H21N3O2. The van der Waals surface area contributed by atoms with Gasteiger partial charge in [0.2, 0.25) is 0 Å². The topological polar surface area (TPSA) is 62.3 Å². The molecule has 0 bridgehead atoms. The number of nitrogens with two attached hydrogens (primary N) is 1. The number of imidazole rings is 1. The van der Waals surface area contributed by atoms with Gasteiger partial charge in [0.1, 0.15) is 17.3 Å². The van der Waals surface area contributed by atoms with E-state index in [9.17, 15) is 0 Å². The van der Waals surface area contributed by atoms with E-state index in [0.29, 0.717) is 11.5 Å². The van der Waals surface area contributed by atoms with Crippen LogP contribution in [-0.2, 0) is 6.54 Å². The minimum absolute atomic E-state index is 0.386. The Morgan fingerprint density at radius 1 is 1.25 bits per heavy atom. The second-order valence-electron chi connectivity index (χ2n) is 4.53. The molecular weight excluding hydrogens is 254 g/mol. The summed E-state index contributed by atoms with van der Waals surface area (Å²) in [7, 11) is 3.26. The van der Waals surface area contributed by atoms with Crippen LogP contribution in [0.15, 0.2) is 30.6 Å². The first-order valence-electron chi connectivity index (χ1n) is 6.70. The molecule has 0 radical (unpaired) electrons. The number of hydrogen-bond acceptors (Lipinski definition) is 4. The van der Waals surface area contributed by atoms with Crippen molar-refractivity contribution < 1.29 is 9.47 Å². The van der Waals surface area contributed by atoms with Crippen molar-refractivity contribution in [3.05, 3.63) is 42.0 Å². The number of aromatic nitrogens is 2. The molecule has 0 aliphatic rings. The van der Waals surface area contributed by atoms with Crippen molar-refractivity contribution in [1.29, 1.82) is 0 Å². The van der Waals surface area contributed by atoms with Gasteiger partial charge in [-0.05, 0) is 18.6 Å². The van der Waals surface area contributed by atoms with Crippen LogP contribution in [0.5, 0.6) is 11.5 Å². The third-order valence-corrected chi connectivity index (χ3v) is 3.27. The van der Waals surface area contributed by atoms with Crippen LogP contribution in [0.3, 0.4) is 0 Å². The molecule has 0 fully saturated rings. The van der Waals surface area contributed by atoms with E-state index >= 15 is 0 Å². The van der Waals surface area contributed by atoms with Gasteiger partial charge in [-0.2, -0.15) is 0 Å². The summed E-state index contributed by atoms with van der Waals surface area (Å²) in [5, 5.41) is 0. The molecule has 0 amide bonds. The smallest absolute Gasteiger partial charge is 0.130 e. The van der Waals surface area contributed by atoms with Crippen LogP contribution in [0.2, 0.25) is 0 Å². The van der Waals surface area contributed by atoms with Crippen LogP contribution >= 0.6 is 0 Å². The minimum atomic E-state index is -0.386. The number of ether oxygens (including phenoxy) is 2. The molecule has 0 aliphatic heterocycles. The summed E-state index contributed by atoms with van der Waals surface area (Å²) < 4.78 is 12.9. The van der Waals surface area contributed by atoms with Gasteiger partial charge in [-0.3, -0.25) is 0 Å². The molecule has 20 heavy (non-hydrogen) atoms. The highest BCUT2D eigenvalue weighted by atomic mass is 16.5. The Bertz CT molecular complexity index is 544. The van der Waals surface area contributed by atoms with E-state index in [0.717, 1.165) is 24.4 Å². The highest BCUT2D eigenvalue weighted by Gasteiger charge is 2.22. The predicted octanol–water partition coefficient (Wildman–Crippen LogP) is 2.36. The number of methoxy groups -OCH3 is 2. The van der Waals surface area contributed by atoms with Crippen LogP contribution in [0.4, 0.5) is 0 Å². The van der Waals surface area contributed by atoms with Crippen molar-refractivity contribution >= 4 is 0 Å². The summed E-state index contributed by atoms with van der Waals surface area (Å²) >= 11 is 0. The molecule has 1 atom stereocenters. The summed E-state index contributed by atoms with van der Waals surface area (Å²) in [6.07, 6.45) is 4.74. The third kappa shape index (κ3) is 2.63. The van der Waals surface area contributed by atoms with Crippen LogP contribution in [0, 0.1) is 0 Å². The van der Waals surface area contributed by atoms with Gasteiger partial charge in [-0.1, -0.05) is 13.0 Å². The second kappa shape index (κ2) is 6.43. The summed E-state index contributed by atoms with van der Waals surface area (Å²) in [4.78, 5) is 4.39. The summed E-state index contributed by atoms with van der Waals surface area (Å²) in [5.74, 6) is 2.24. The van der Waals surface area contributed by atoms with E-state index < -0.39 is 0 Å². The van der Waals surface area contributed by atoms with Crippen molar-refractivity contribution in [2.24, 2.45) is 5.73 Å². The minimum Gasteiger partial charge on any atom is -0.496 e. The maximum absolute atomic E-state index is 6.40. The predicted molar refractivity (Wildman–Crippen MR) is 78.1 cm³/mol. The molecule has 5 nitrogen and oxygen atoms in total. The van der Waals surface area contributed by atoms with Gasteiger partial charge >= 0.3 is 0 Å². The van der Waals surface area contributed by atoms with E-state index in [-0.39, 0.29) is 6.04 Å². The first-order valence-corrected chi connectivity index (χ1v) is 6.70. The fourth-order valence-corrected chi connectivity index (χ4v) is 2.35. The molecule has 1 aromatic heterocycles. The van der Waals surface area contributed by atoms with Gasteiger partial charge in [0.15, 0.2) is 0 Å². The number of rotatable bonds is 6. The van der Waals surface area contributed by atoms with E-state index in [1.54, 1.807) is 20.4 Å². The Labute approximate surface area is 119 Å². The summed E-state index contributed by atoms with van der Waals surface area (Å²) in [5.41, 5.74) is 7.22. The van der Waals surface area contributed by atoms with Crippen molar-refractivity contribution in [3.63, 3.8) is 0 Å². The van der Waals surface area contributed by atoms with E-state index in [1.165, 1.54) is 0 Å². The lowest BCUT2D eigenvalue weighted by atomic mass is 10.0. The van der Waals surface area contributed by atoms with Crippen molar-refractivity contribution in [1.82, 2.24) is 9.55 Å². The van der Waals surface area contributed by atoms with E-state index in [2.05, 4.69) is 16.5 Å². The Balaban J connectivity index is 2.46. The van der Waals surface area contributed by atoms with Gasteiger partial charge in [-0.15, -0.1) is 0 Å². The molecule has 2 N–H and O–H groups in total. The normalized spacial score (nSPS) is 12.2. The van der Waals surface area contributed by atoms with Crippen molar-refractivity contribution in [2.75, 3.05) is 14.2 Å². The first-order chi connectivity index (χ1) is 9.72.